The Morgan fingerprint density at radius 1 is 1.31 bits per heavy atom. The lowest BCUT2D eigenvalue weighted by molar-refractivity contribution is -0.134. The lowest BCUT2D eigenvalue weighted by Crippen LogP contribution is -2.42. The fourth-order valence-electron chi connectivity index (χ4n) is 3.29. The molecule has 0 aliphatic heterocycles. The second-order valence-corrected chi connectivity index (χ2v) is 6.51. The average molecular weight is 359 g/mol. The van der Waals surface area contributed by atoms with E-state index in [0.29, 0.717) is 25.1 Å². The first-order chi connectivity index (χ1) is 12.5. The molecule has 0 fully saturated rings. The van der Waals surface area contributed by atoms with Crippen LogP contribution in [-0.2, 0) is 16.1 Å². The summed E-state index contributed by atoms with van der Waals surface area (Å²) in [6, 6.07) is 5.78. The van der Waals surface area contributed by atoms with Crippen LogP contribution < -0.4 is 5.56 Å². The first kappa shape index (κ1) is 20.1. The first-order valence-corrected chi connectivity index (χ1v) is 9.26. The van der Waals surface area contributed by atoms with Crippen molar-refractivity contribution in [2.75, 3.05) is 20.3 Å². The predicted molar refractivity (Wildman–Crippen MR) is 103 cm³/mol. The number of aryl methyl sites for hydroxylation is 2. The highest BCUT2D eigenvalue weighted by atomic mass is 16.5. The van der Waals surface area contributed by atoms with E-state index in [4.69, 9.17) is 4.74 Å². The van der Waals surface area contributed by atoms with E-state index in [1.807, 2.05) is 24.0 Å². The molecule has 0 saturated carbocycles. The molecule has 6 nitrogen and oxygen atoms in total. The number of carbonyl (C=O) groups is 1. The van der Waals surface area contributed by atoms with Crippen LogP contribution in [0, 0.1) is 6.92 Å². The molecule has 6 heteroatoms. The van der Waals surface area contributed by atoms with Crippen molar-refractivity contribution < 1.29 is 9.53 Å². The van der Waals surface area contributed by atoms with Gasteiger partial charge in [0.25, 0.3) is 5.56 Å². The molecule has 0 unspecified atom stereocenters. The Bertz CT molecular complexity index is 796. The highest BCUT2D eigenvalue weighted by Gasteiger charge is 2.20. The van der Waals surface area contributed by atoms with E-state index in [2.05, 4.69) is 18.8 Å². The number of hydrogen-bond acceptors (Lipinski definition) is 4. The number of nitrogens with zero attached hydrogens (tertiary/aromatic N) is 3. The van der Waals surface area contributed by atoms with Gasteiger partial charge in [0.1, 0.15) is 0 Å². The molecular weight excluding hydrogens is 330 g/mol. The molecule has 0 aliphatic carbocycles. The van der Waals surface area contributed by atoms with Crippen LogP contribution in [0.5, 0.6) is 0 Å². The quantitative estimate of drug-likeness (QED) is 0.691. The Morgan fingerprint density at radius 2 is 2.04 bits per heavy atom. The van der Waals surface area contributed by atoms with Gasteiger partial charge in [0.15, 0.2) is 0 Å². The lowest BCUT2D eigenvalue weighted by Gasteiger charge is -2.30. The first-order valence-electron chi connectivity index (χ1n) is 9.26. The third kappa shape index (κ3) is 4.49. The normalized spacial score (nSPS) is 11.3. The molecule has 0 saturated heterocycles. The third-order valence-corrected chi connectivity index (χ3v) is 4.86. The van der Waals surface area contributed by atoms with Gasteiger partial charge in [0.2, 0.25) is 5.91 Å². The molecule has 2 rings (SSSR count). The second-order valence-electron chi connectivity index (χ2n) is 6.51. The van der Waals surface area contributed by atoms with Gasteiger partial charge in [-0.05, 0) is 31.4 Å². The maximum Gasteiger partial charge on any atom is 0.261 e. The van der Waals surface area contributed by atoms with Crippen molar-refractivity contribution in [3.05, 3.63) is 40.4 Å². The molecule has 1 amide bonds. The van der Waals surface area contributed by atoms with Crippen LogP contribution in [0.25, 0.3) is 10.9 Å². The van der Waals surface area contributed by atoms with Crippen LogP contribution >= 0.6 is 0 Å². The van der Waals surface area contributed by atoms with Crippen molar-refractivity contribution in [3.63, 3.8) is 0 Å². The number of rotatable bonds is 9. The summed E-state index contributed by atoms with van der Waals surface area (Å²) < 4.78 is 6.67. The second kappa shape index (κ2) is 9.48. The lowest BCUT2D eigenvalue weighted by atomic mass is 10.1. The van der Waals surface area contributed by atoms with Crippen LogP contribution in [-0.4, -0.2) is 46.7 Å². The minimum Gasteiger partial charge on any atom is -0.383 e. The number of amides is 1. The van der Waals surface area contributed by atoms with E-state index >= 15 is 0 Å². The maximum absolute atomic E-state index is 12.7. The Labute approximate surface area is 154 Å². The van der Waals surface area contributed by atoms with Gasteiger partial charge in [0, 0.05) is 32.7 Å². The molecule has 0 N–H and O–H groups in total. The molecule has 0 bridgehead atoms. The van der Waals surface area contributed by atoms with Crippen LogP contribution in [0.2, 0.25) is 0 Å². The fourth-order valence-corrected chi connectivity index (χ4v) is 3.29. The van der Waals surface area contributed by atoms with Gasteiger partial charge in [-0.1, -0.05) is 26.0 Å². The minimum absolute atomic E-state index is 0.0481. The van der Waals surface area contributed by atoms with E-state index in [1.165, 1.54) is 4.57 Å². The number of para-hydroxylation sites is 1. The van der Waals surface area contributed by atoms with Gasteiger partial charge in [-0.3, -0.25) is 14.2 Å². The van der Waals surface area contributed by atoms with Crippen LogP contribution in [0.15, 0.2) is 29.3 Å². The minimum atomic E-state index is -0.0996. The highest BCUT2D eigenvalue weighted by molar-refractivity contribution is 5.80. The van der Waals surface area contributed by atoms with Crippen LogP contribution in [0.1, 0.15) is 38.7 Å². The largest absolute Gasteiger partial charge is 0.383 e. The SMILES string of the molecule is CCC(CC)N(CCOC)C(=O)CCn1cnc2c(C)cccc2c1=O. The summed E-state index contributed by atoms with van der Waals surface area (Å²) in [4.78, 5) is 31.7. The van der Waals surface area contributed by atoms with Crippen LogP contribution in [0.4, 0.5) is 0 Å². The molecule has 0 atom stereocenters. The van der Waals surface area contributed by atoms with Crippen molar-refractivity contribution in [2.45, 2.75) is 52.6 Å². The van der Waals surface area contributed by atoms with E-state index in [-0.39, 0.29) is 23.9 Å². The van der Waals surface area contributed by atoms with Crippen molar-refractivity contribution in [1.29, 1.82) is 0 Å². The van der Waals surface area contributed by atoms with Crippen molar-refractivity contribution in [1.82, 2.24) is 14.5 Å². The molecule has 1 aromatic heterocycles. The molecule has 0 spiro atoms. The maximum atomic E-state index is 12.7. The van der Waals surface area contributed by atoms with Gasteiger partial charge in [-0.15, -0.1) is 0 Å². The Hall–Kier alpha value is -2.21. The zero-order valence-corrected chi connectivity index (χ0v) is 16.2. The summed E-state index contributed by atoms with van der Waals surface area (Å²) in [5.74, 6) is 0.0481. The molecule has 0 radical (unpaired) electrons. The Balaban J connectivity index is 2.15. The predicted octanol–water partition coefficient (Wildman–Crippen LogP) is 2.76. The summed E-state index contributed by atoms with van der Waals surface area (Å²) in [6.07, 6.45) is 3.63. The molecule has 1 heterocycles. The number of carbonyl (C=O) groups excluding carboxylic acids is 1. The Morgan fingerprint density at radius 3 is 2.69 bits per heavy atom. The fraction of sp³-hybridized carbons (Fsp3) is 0.550. The van der Waals surface area contributed by atoms with E-state index in [1.54, 1.807) is 19.5 Å². The van der Waals surface area contributed by atoms with Gasteiger partial charge < -0.3 is 9.64 Å². The Kier molecular flexibility index (Phi) is 7.33. The number of benzene rings is 1. The summed E-state index contributed by atoms with van der Waals surface area (Å²) >= 11 is 0. The van der Waals surface area contributed by atoms with Crippen LogP contribution in [0.3, 0.4) is 0 Å². The number of methoxy groups -OCH3 is 1. The summed E-state index contributed by atoms with van der Waals surface area (Å²) in [5.41, 5.74) is 1.60. The molecule has 142 valence electrons. The van der Waals surface area contributed by atoms with Gasteiger partial charge >= 0.3 is 0 Å². The van der Waals surface area contributed by atoms with Gasteiger partial charge in [-0.25, -0.2) is 4.98 Å². The third-order valence-electron chi connectivity index (χ3n) is 4.86. The topological polar surface area (TPSA) is 64.4 Å². The number of hydrogen-bond donors (Lipinski definition) is 0. The summed E-state index contributed by atoms with van der Waals surface area (Å²) in [6.45, 7) is 7.53. The van der Waals surface area contributed by atoms with E-state index in [9.17, 15) is 9.59 Å². The number of ether oxygens (including phenoxy) is 1. The van der Waals surface area contributed by atoms with Gasteiger partial charge in [0.05, 0.1) is 23.8 Å². The zero-order chi connectivity index (χ0) is 19.1. The van der Waals surface area contributed by atoms with Gasteiger partial charge in [-0.2, -0.15) is 0 Å². The molecular formula is C20H29N3O3. The monoisotopic (exact) mass is 359 g/mol. The van der Waals surface area contributed by atoms with Crippen molar-refractivity contribution in [3.8, 4) is 0 Å². The standard InChI is InChI=1S/C20H29N3O3/c1-5-16(6-2)23(12-13-26-4)18(24)10-11-22-14-21-19-15(3)8-7-9-17(19)20(22)25/h7-9,14,16H,5-6,10-13H2,1-4H3. The molecule has 1 aromatic carbocycles. The van der Waals surface area contributed by atoms with Crippen molar-refractivity contribution >= 4 is 16.8 Å². The van der Waals surface area contributed by atoms with E-state index in [0.717, 1.165) is 23.9 Å². The summed E-state index contributed by atoms with van der Waals surface area (Å²) in [5, 5.41) is 0.594. The summed E-state index contributed by atoms with van der Waals surface area (Å²) in [7, 11) is 1.64. The highest BCUT2D eigenvalue weighted by Crippen LogP contribution is 2.13. The molecule has 0 aliphatic rings. The number of fused-ring (bicyclic) bond motifs is 1. The average Bonchev–Trinajstić information content (AvgIpc) is 2.65. The number of aromatic nitrogens is 2. The molecule has 2 aromatic rings. The zero-order valence-electron chi connectivity index (χ0n) is 16.2. The molecule has 26 heavy (non-hydrogen) atoms. The van der Waals surface area contributed by atoms with E-state index < -0.39 is 0 Å². The van der Waals surface area contributed by atoms with Crippen molar-refractivity contribution in [2.24, 2.45) is 0 Å². The smallest absolute Gasteiger partial charge is 0.261 e.